The highest BCUT2D eigenvalue weighted by Gasteiger charge is 2.15. The molecule has 4 heteroatoms. The van der Waals surface area contributed by atoms with E-state index in [2.05, 4.69) is 34.7 Å². The second-order valence-electron chi connectivity index (χ2n) is 3.61. The molecule has 82 valence electrons. The van der Waals surface area contributed by atoms with Gasteiger partial charge in [-0.05, 0) is 53.6 Å². The maximum absolute atomic E-state index is 5.98. The number of benzene rings is 1. The molecule has 0 atom stereocenters. The van der Waals surface area contributed by atoms with E-state index in [0.29, 0.717) is 5.25 Å². The summed E-state index contributed by atoms with van der Waals surface area (Å²) in [4.78, 5) is 1.21. The highest BCUT2D eigenvalue weighted by atomic mass is 127. The molecule has 0 unspecified atom stereocenters. The van der Waals surface area contributed by atoms with Gasteiger partial charge in [-0.15, -0.1) is 11.8 Å². The summed E-state index contributed by atoms with van der Waals surface area (Å²) in [5.74, 6) is 0. The Bertz CT molecular complexity index is 339. The van der Waals surface area contributed by atoms with Gasteiger partial charge < -0.3 is 10.5 Å². The molecule has 0 aromatic heterocycles. The van der Waals surface area contributed by atoms with Crippen LogP contribution in [0, 0.1) is 3.57 Å². The van der Waals surface area contributed by atoms with Crippen molar-refractivity contribution in [1.29, 1.82) is 0 Å². The van der Waals surface area contributed by atoms with Gasteiger partial charge in [0, 0.05) is 32.6 Å². The molecule has 1 aromatic rings. The Morgan fingerprint density at radius 3 is 2.73 bits per heavy atom. The van der Waals surface area contributed by atoms with E-state index in [9.17, 15) is 0 Å². The van der Waals surface area contributed by atoms with Crippen LogP contribution in [0.15, 0.2) is 23.1 Å². The van der Waals surface area contributed by atoms with Crippen molar-refractivity contribution >= 4 is 40.0 Å². The molecule has 1 aromatic carbocycles. The molecule has 2 N–H and O–H groups in total. The summed E-state index contributed by atoms with van der Waals surface area (Å²) in [5.41, 5.74) is 6.88. The predicted molar refractivity (Wildman–Crippen MR) is 73.3 cm³/mol. The first-order valence-electron chi connectivity index (χ1n) is 5.05. The molecule has 1 aliphatic heterocycles. The van der Waals surface area contributed by atoms with E-state index in [-0.39, 0.29) is 0 Å². The Labute approximate surface area is 108 Å². The van der Waals surface area contributed by atoms with Crippen molar-refractivity contribution in [2.24, 2.45) is 0 Å². The SMILES string of the molecule is Nc1cc(I)ccc1SC1CCOCC1. The normalized spacial score (nSPS) is 17.9. The van der Waals surface area contributed by atoms with E-state index in [0.717, 1.165) is 31.7 Å². The number of nitrogens with two attached hydrogens (primary N) is 1. The maximum Gasteiger partial charge on any atom is 0.0476 e. The van der Waals surface area contributed by atoms with Crippen molar-refractivity contribution in [2.45, 2.75) is 23.0 Å². The maximum atomic E-state index is 5.98. The molecular formula is C11H14INOS. The smallest absolute Gasteiger partial charge is 0.0476 e. The summed E-state index contributed by atoms with van der Waals surface area (Å²) in [6, 6.07) is 6.26. The number of hydrogen-bond donors (Lipinski definition) is 1. The molecule has 1 fully saturated rings. The number of ether oxygens (including phenoxy) is 1. The number of rotatable bonds is 2. The van der Waals surface area contributed by atoms with Gasteiger partial charge in [-0.3, -0.25) is 0 Å². The van der Waals surface area contributed by atoms with Crippen LogP contribution in [0.3, 0.4) is 0 Å². The second kappa shape index (κ2) is 5.41. The molecule has 15 heavy (non-hydrogen) atoms. The lowest BCUT2D eigenvalue weighted by molar-refractivity contribution is 0.100. The van der Waals surface area contributed by atoms with Crippen LogP contribution in [0.25, 0.3) is 0 Å². The van der Waals surface area contributed by atoms with E-state index in [1.807, 2.05) is 17.8 Å². The van der Waals surface area contributed by atoms with Crippen molar-refractivity contribution in [3.63, 3.8) is 0 Å². The number of nitrogen functional groups attached to an aromatic ring is 1. The van der Waals surface area contributed by atoms with Crippen LogP contribution in [-0.2, 0) is 4.74 Å². The summed E-state index contributed by atoms with van der Waals surface area (Å²) in [5, 5.41) is 0.668. The molecule has 0 saturated carbocycles. The summed E-state index contributed by atoms with van der Waals surface area (Å²) in [6.45, 7) is 1.78. The molecule has 2 nitrogen and oxygen atoms in total. The van der Waals surface area contributed by atoms with Crippen LogP contribution < -0.4 is 5.73 Å². The minimum absolute atomic E-state index is 0.668. The molecule has 0 bridgehead atoms. The van der Waals surface area contributed by atoms with Crippen molar-refractivity contribution in [3.8, 4) is 0 Å². The van der Waals surface area contributed by atoms with E-state index in [1.54, 1.807) is 0 Å². The van der Waals surface area contributed by atoms with Gasteiger partial charge >= 0.3 is 0 Å². The van der Waals surface area contributed by atoms with Gasteiger partial charge in [0.05, 0.1) is 0 Å². The Morgan fingerprint density at radius 2 is 2.07 bits per heavy atom. The Balaban J connectivity index is 2.03. The van der Waals surface area contributed by atoms with Gasteiger partial charge in [0.15, 0.2) is 0 Å². The Hall–Kier alpha value is 0.0600. The van der Waals surface area contributed by atoms with Crippen LogP contribution in [0.2, 0.25) is 0 Å². The zero-order chi connectivity index (χ0) is 10.7. The average molecular weight is 335 g/mol. The van der Waals surface area contributed by atoms with Crippen LogP contribution in [0.1, 0.15) is 12.8 Å². The number of thioether (sulfide) groups is 1. The first kappa shape index (κ1) is 11.5. The topological polar surface area (TPSA) is 35.2 Å². The first-order chi connectivity index (χ1) is 7.25. The third kappa shape index (κ3) is 3.26. The van der Waals surface area contributed by atoms with Gasteiger partial charge in [0.2, 0.25) is 0 Å². The predicted octanol–water partition coefficient (Wildman–Crippen LogP) is 3.14. The van der Waals surface area contributed by atoms with Crippen molar-refractivity contribution in [1.82, 2.24) is 0 Å². The van der Waals surface area contributed by atoms with Crippen LogP contribution in [0.4, 0.5) is 5.69 Å². The number of anilines is 1. The fourth-order valence-corrected chi connectivity index (χ4v) is 3.24. The van der Waals surface area contributed by atoms with Gasteiger partial charge in [-0.1, -0.05) is 0 Å². The first-order valence-corrected chi connectivity index (χ1v) is 7.01. The Morgan fingerprint density at radius 1 is 1.33 bits per heavy atom. The van der Waals surface area contributed by atoms with E-state index in [1.165, 1.54) is 8.47 Å². The number of hydrogen-bond acceptors (Lipinski definition) is 3. The van der Waals surface area contributed by atoms with E-state index < -0.39 is 0 Å². The third-order valence-electron chi connectivity index (χ3n) is 2.43. The zero-order valence-corrected chi connectivity index (χ0v) is 11.4. The molecule has 1 heterocycles. The lowest BCUT2D eigenvalue weighted by Crippen LogP contribution is -2.17. The lowest BCUT2D eigenvalue weighted by Gasteiger charge is -2.22. The molecular weight excluding hydrogens is 321 g/mol. The standard InChI is InChI=1S/C11H14INOS/c12-8-1-2-11(10(13)7-8)15-9-3-5-14-6-4-9/h1-2,7,9H,3-6,13H2. The van der Waals surface area contributed by atoms with Crippen molar-refractivity contribution in [2.75, 3.05) is 18.9 Å². The highest BCUT2D eigenvalue weighted by Crippen LogP contribution is 2.33. The Kier molecular flexibility index (Phi) is 4.16. The average Bonchev–Trinajstić information content (AvgIpc) is 2.24. The third-order valence-corrected chi connectivity index (χ3v) is 4.54. The van der Waals surface area contributed by atoms with Gasteiger partial charge in [0.1, 0.15) is 0 Å². The summed E-state index contributed by atoms with van der Waals surface area (Å²) < 4.78 is 6.54. The van der Waals surface area contributed by atoms with Crippen molar-refractivity contribution in [3.05, 3.63) is 21.8 Å². The van der Waals surface area contributed by atoms with Gasteiger partial charge in [0.25, 0.3) is 0 Å². The van der Waals surface area contributed by atoms with Crippen LogP contribution in [-0.4, -0.2) is 18.5 Å². The fourth-order valence-electron chi connectivity index (χ4n) is 1.60. The quantitative estimate of drug-likeness (QED) is 0.666. The lowest BCUT2D eigenvalue weighted by atomic mass is 10.2. The summed E-state index contributed by atoms with van der Waals surface area (Å²) in [7, 11) is 0. The summed E-state index contributed by atoms with van der Waals surface area (Å²) >= 11 is 4.18. The van der Waals surface area contributed by atoms with Crippen LogP contribution >= 0.6 is 34.4 Å². The van der Waals surface area contributed by atoms with Crippen molar-refractivity contribution < 1.29 is 4.74 Å². The fraction of sp³-hybridized carbons (Fsp3) is 0.455. The highest BCUT2D eigenvalue weighted by molar-refractivity contribution is 14.1. The largest absolute Gasteiger partial charge is 0.398 e. The summed E-state index contributed by atoms with van der Waals surface area (Å²) in [6.07, 6.45) is 2.27. The second-order valence-corrected chi connectivity index (χ2v) is 6.20. The number of halogens is 1. The van der Waals surface area contributed by atoms with E-state index >= 15 is 0 Å². The monoisotopic (exact) mass is 335 g/mol. The van der Waals surface area contributed by atoms with Gasteiger partial charge in [-0.2, -0.15) is 0 Å². The minimum atomic E-state index is 0.668. The zero-order valence-electron chi connectivity index (χ0n) is 8.41. The molecule has 0 spiro atoms. The molecule has 0 amide bonds. The molecule has 1 aliphatic rings. The molecule has 0 radical (unpaired) electrons. The molecule has 2 rings (SSSR count). The molecule has 0 aliphatic carbocycles. The van der Waals surface area contributed by atoms with E-state index in [4.69, 9.17) is 10.5 Å². The van der Waals surface area contributed by atoms with Gasteiger partial charge in [-0.25, -0.2) is 0 Å². The molecule has 1 saturated heterocycles. The minimum Gasteiger partial charge on any atom is -0.398 e. The van der Waals surface area contributed by atoms with Crippen LogP contribution in [0.5, 0.6) is 0 Å².